The predicted molar refractivity (Wildman–Crippen MR) is 494 cm³/mol. The number of aromatic nitrogens is 4. The molecule has 2 aliphatic heterocycles. The highest BCUT2D eigenvalue weighted by atomic mass is 16.4. The molecule has 0 spiro atoms. The second kappa shape index (κ2) is 54.6. The summed E-state index contributed by atoms with van der Waals surface area (Å²) in [4.78, 5) is 289. The van der Waals surface area contributed by atoms with Crippen molar-refractivity contribution in [1.29, 1.82) is 0 Å². The molecule has 758 valence electrons. The number of amides is 11. The van der Waals surface area contributed by atoms with E-state index in [-0.39, 0.29) is 122 Å². The first kappa shape index (κ1) is 110. The zero-order chi connectivity index (χ0) is 102. The average Bonchev–Trinajstić information content (AvgIpc) is 1.66. The van der Waals surface area contributed by atoms with E-state index >= 15 is 0 Å². The molecule has 0 bridgehead atoms. The molecule has 0 saturated carbocycles. The Labute approximate surface area is 800 Å². The molecule has 1 fully saturated rings. The molecule has 0 aliphatic carbocycles. The average molecular weight is 1960 g/mol. The number of carboxylic acids is 9. The van der Waals surface area contributed by atoms with Crippen molar-refractivity contribution in [2.24, 2.45) is 0 Å². The van der Waals surface area contributed by atoms with Crippen LogP contribution in [-0.2, 0) is 112 Å². The molecule has 11 amide bonds. The van der Waals surface area contributed by atoms with Crippen molar-refractivity contribution < 1.29 is 142 Å². The van der Waals surface area contributed by atoms with Crippen LogP contribution in [0.4, 0.5) is 11.4 Å². The van der Waals surface area contributed by atoms with Crippen LogP contribution in [0.3, 0.4) is 0 Å². The molecular formula is C90H119N21O29. The third-order valence-corrected chi connectivity index (χ3v) is 22.8. The zero-order valence-corrected chi connectivity index (χ0v) is 77.4. The fourth-order valence-corrected chi connectivity index (χ4v) is 15.5. The lowest BCUT2D eigenvalue weighted by Gasteiger charge is -2.33. The molecular weight excluding hydrogens is 1840 g/mol. The molecule has 50 nitrogen and oxygen atoms in total. The number of rotatable bonds is 55. The van der Waals surface area contributed by atoms with Crippen LogP contribution in [0.2, 0.25) is 0 Å². The lowest BCUT2D eigenvalue weighted by Crippen LogP contribution is -2.58. The largest absolute Gasteiger partial charge is 0.481 e. The molecule has 0 radical (unpaired) electrons. The lowest BCUT2D eigenvalue weighted by atomic mass is 10.0. The number of nitrogens with zero attached hydrogens (tertiary/aromatic N) is 9. The van der Waals surface area contributed by atoms with Crippen molar-refractivity contribution in [2.75, 3.05) is 129 Å². The summed E-state index contributed by atoms with van der Waals surface area (Å²) in [5.41, 5.74) is 5.33. The number of carboxylic acid groups (broad SMARTS) is 9. The number of H-pyrrole nitrogens is 2. The molecule has 4 heterocycles. The molecule has 2 aliphatic rings. The normalized spacial score (nSPS) is 15.2. The van der Waals surface area contributed by atoms with Gasteiger partial charge in [-0.3, -0.25) is 106 Å². The van der Waals surface area contributed by atoms with E-state index in [9.17, 15) is 142 Å². The van der Waals surface area contributed by atoms with Crippen LogP contribution >= 0.6 is 0 Å². The Bertz CT molecular complexity index is 5380. The number of hydrogen-bond acceptors (Lipinski definition) is 28. The van der Waals surface area contributed by atoms with Crippen molar-refractivity contribution in [2.45, 2.75) is 165 Å². The molecule has 4 aromatic carbocycles. The monoisotopic (exact) mass is 1960 g/mol. The predicted octanol–water partition coefficient (Wildman–Crippen LogP) is -1.63. The number of aromatic amines is 2. The van der Waals surface area contributed by atoms with Gasteiger partial charge in [-0.05, 0) is 123 Å². The third kappa shape index (κ3) is 36.6. The maximum absolute atomic E-state index is 14.7. The molecule has 8 rings (SSSR count). The van der Waals surface area contributed by atoms with Gasteiger partial charge in [0.25, 0.3) is 11.8 Å². The van der Waals surface area contributed by atoms with E-state index in [1.807, 2.05) is 48.5 Å². The van der Waals surface area contributed by atoms with Gasteiger partial charge in [0.1, 0.15) is 53.9 Å². The van der Waals surface area contributed by atoms with Gasteiger partial charge in [-0.25, -0.2) is 19.6 Å². The summed E-state index contributed by atoms with van der Waals surface area (Å²) in [5, 5.41) is 114. The van der Waals surface area contributed by atoms with Crippen molar-refractivity contribution in [1.82, 2.24) is 96.8 Å². The Morgan fingerprint density at radius 2 is 0.843 bits per heavy atom. The fourth-order valence-electron chi connectivity index (χ4n) is 15.5. The highest BCUT2D eigenvalue weighted by Crippen LogP contribution is 2.28. The number of anilines is 2. The Morgan fingerprint density at radius 1 is 0.429 bits per heavy atom. The fraction of sp³-hybridized carbons (Fsp3) is 0.489. The number of benzene rings is 4. The summed E-state index contributed by atoms with van der Waals surface area (Å²) in [6.07, 6.45) is -8.45. The highest BCUT2D eigenvalue weighted by molar-refractivity contribution is 5.99. The molecule has 50 heteroatoms. The van der Waals surface area contributed by atoms with Crippen molar-refractivity contribution in [3.8, 4) is 0 Å². The minimum Gasteiger partial charge on any atom is -0.481 e. The van der Waals surface area contributed by atoms with Gasteiger partial charge < -0.3 is 124 Å². The van der Waals surface area contributed by atoms with E-state index in [1.54, 1.807) is 45.3 Å². The molecule has 140 heavy (non-hydrogen) atoms. The summed E-state index contributed by atoms with van der Waals surface area (Å²) in [7, 11) is 3.18. The first-order chi connectivity index (χ1) is 66.6. The Morgan fingerprint density at radius 3 is 1.30 bits per heavy atom. The molecule has 6 aromatic rings. The molecule has 7 atom stereocenters. The number of hydrogen-bond donors (Lipinski definition) is 21. The number of carbonyl (C=O) groups is 20. The smallest absolute Gasteiger partial charge is 0.326 e. The Hall–Kier alpha value is -15.3. The highest BCUT2D eigenvalue weighted by Gasteiger charge is 2.37. The Kier molecular flexibility index (Phi) is 42.9. The summed E-state index contributed by atoms with van der Waals surface area (Å²) >= 11 is 0. The Balaban J connectivity index is 0.920. The minimum atomic E-state index is -2.10. The third-order valence-electron chi connectivity index (χ3n) is 22.8. The summed E-state index contributed by atoms with van der Waals surface area (Å²) in [6, 6.07) is 11.5. The molecule has 2 aromatic heterocycles. The van der Waals surface area contributed by atoms with Crippen molar-refractivity contribution >= 4 is 152 Å². The number of para-hydroxylation sites is 4. The van der Waals surface area contributed by atoms with Gasteiger partial charge >= 0.3 is 53.7 Å². The van der Waals surface area contributed by atoms with Gasteiger partial charge in [0, 0.05) is 154 Å². The van der Waals surface area contributed by atoms with Gasteiger partial charge in [0.15, 0.2) is 0 Å². The summed E-state index contributed by atoms with van der Waals surface area (Å²) in [6.45, 7) is -0.954. The number of carbonyl (C=O) groups excluding carboxylic acids is 11. The summed E-state index contributed by atoms with van der Waals surface area (Å²) in [5.74, 6) is -21.8. The van der Waals surface area contributed by atoms with E-state index in [0.717, 1.165) is 16.6 Å². The van der Waals surface area contributed by atoms with Crippen LogP contribution in [0.25, 0.3) is 22.1 Å². The van der Waals surface area contributed by atoms with Crippen LogP contribution in [0, 0.1) is 0 Å². The van der Waals surface area contributed by atoms with E-state index in [2.05, 4.69) is 73.1 Å². The van der Waals surface area contributed by atoms with Gasteiger partial charge in [0.05, 0.1) is 74.2 Å². The topological polar surface area (TPSA) is 724 Å². The van der Waals surface area contributed by atoms with Crippen LogP contribution in [-0.4, -0.2) is 380 Å². The first-order valence-corrected chi connectivity index (χ1v) is 45.2. The van der Waals surface area contributed by atoms with Gasteiger partial charge in [-0.1, -0.05) is 31.2 Å². The van der Waals surface area contributed by atoms with E-state index in [1.165, 1.54) is 46.4 Å². The minimum absolute atomic E-state index is 0.00148. The number of fused-ring (bicyclic) bond motifs is 3. The molecule has 21 N–H and O–H groups in total. The van der Waals surface area contributed by atoms with E-state index in [4.69, 9.17) is 0 Å². The van der Waals surface area contributed by atoms with Gasteiger partial charge in [-0.15, -0.1) is 0 Å². The van der Waals surface area contributed by atoms with Crippen LogP contribution in [0.1, 0.15) is 140 Å². The van der Waals surface area contributed by atoms with Gasteiger partial charge in [0.2, 0.25) is 53.2 Å². The lowest BCUT2D eigenvalue weighted by molar-refractivity contribution is -0.143. The van der Waals surface area contributed by atoms with Crippen LogP contribution in [0.15, 0.2) is 84.9 Å². The number of imidazole rings is 2. The van der Waals surface area contributed by atoms with E-state index in [0.29, 0.717) is 51.7 Å². The number of nitrogens with one attached hydrogen (secondary N) is 12. The second-order valence-corrected chi connectivity index (χ2v) is 33.7. The standard InChI is InChI=1S/C90H119N21O29/c1-4-52-41-53(86(134)105(2)46-69-96-58-11-5-6-12-59(58)97-69)15-17-56(52)94-67(43-77(120)121)82(130)93-30-9-29-91-71(112)25-21-66(90(139)140)104-85(133)63(102-84(132)64(23-28-76(118)119)103-83(131)62(22-27-75(116)117)100-74(115)48-107-33-35-108(49-79(124)125)37-39-110(51-81(128)129)40-38-109(36-34-107)50-80(126)127)19-26-73(114)101-65(89(137)138)20-24-72(113)92-31-10-32-111-45-55-42-54(16-18-57(55)95-68(88(111)136)44-78(122)123)87(135)106(3)47-70-98-60-13-7-8-14-61(60)99-70/h5-8,11-18,41-42,62-68,94-95H,4,9-10,19-40,43-51H2,1-3H3,(H,91,112)(H,92,113)(H,93,130)(H,96,97)(H,98,99)(H,100,115)(H,101,114)(H,102,132)(H,103,131)(H,104,133)(H,116,117)(H,118,119)(H,120,121)(H,122,123)(H,124,125)(H,126,127)(H,128,129)(H,137,138)(H,139,140)/t62-,63-,64-,65-,66-,67-,68-/m0/s1. The van der Waals surface area contributed by atoms with E-state index < -0.39 is 258 Å². The summed E-state index contributed by atoms with van der Waals surface area (Å²) < 4.78 is 0. The van der Waals surface area contributed by atoms with Crippen LogP contribution in [0.5, 0.6) is 0 Å². The maximum atomic E-state index is 14.7. The van der Waals surface area contributed by atoms with Crippen LogP contribution < -0.4 is 53.2 Å². The second-order valence-electron chi connectivity index (χ2n) is 33.7. The number of aryl methyl sites for hydroxylation is 1. The zero-order valence-electron chi connectivity index (χ0n) is 77.4. The molecule has 1 saturated heterocycles. The number of aliphatic carboxylic acids is 9. The van der Waals surface area contributed by atoms with Crippen molar-refractivity contribution in [3.05, 3.63) is 119 Å². The quantitative estimate of drug-likeness (QED) is 0.0191. The maximum Gasteiger partial charge on any atom is 0.326 e. The first-order valence-electron chi connectivity index (χ1n) is 45.2. The van der Waals surface area contributed by atoms with Gasteiger partial charge in [-0.2, -0.15) is 0 Å². The SMILES string of the molecule is CCc1cc(C(=O)N(C)Cc2nc3ccccc3[nH]2)ccc1N[C@@H](CC(=O)O)C(=O)NCCCNC(=O)CC[C@H](NC(=O)[C@H](CCC(=O)N[C@@H](CCC(=O)NCCCN1Cc2cc(C(=O)N(C)Cc3nc4ccccc4[nH]3)ccc2N[C@@H](CC(=O)O)C1=O)C(=O)O)NC(=O)[C@H](CCC(=O)O)NC(=O)[C@H](CCC(=O)O)NC(=O)CN1CCN(CC(=O)O)CCN(CC(=O)O)CCN(CC(=O)O)CC1)C(=O)O. The molecule has 0 unspecified atom stereocenters. The van der Waals surface area contributed by atoms with Crippen molar-refractivity contribution in [3.63, 3.8) is 0 Å².